The highest BCUT2D eigenvalue weighted by Crippen LogP contribution is 2.31. The molecule has 0 amide bonds. The van der Waals surface area contributed by atoms with Gasteiger partial charge in [-0.25, -0.2) is 0 Å². The second-order valence-electron chi connectivity index (χ2n) is 4.77. The molecule has 0 saturated heterocycles. The van der Waals surface area contributed by atoms with Crippen molar-refractivity contribution in [1.82, 2.24) is 5.32 Å². The number of aliphatic hydroxyl groups is 1. The Bertz CT molecular complexity index is 376. The average Bonchev–Trinajstić information content (AvgIpc) is 2.30. The number of nitrogens with one attached hydrogen (secondary N) is 1. The van der Waals surface area contributed by atoms with Crippen LogP contribution in [0.15, 0.2) is 12.1 Å². The molecule has 0 aliphatic heterocycles. The second kappa shape index (κ2) is 8.88. The molecule has 0 spiro atoms. The molecule has 0 radical (unpaired) electrons. The molecule has 0 heterocycles. The summed E-state index contributed by atoms with van der Waals surface area (Å²) in [5, 5.41) is 13.5. The Morgan fingerprint density at radius 3 is 2.21 bits per heavy atom. The molecule has 3 nitrogen and oxygen atoms in total. The fourth-order valence-electron chi connectivity index (χ4n) is 1.64. The van der Waals surface area contributed by atoms with Crippen molar-refractivity contribution in [2.75, 3.05) is 18.9 Å². The van der Waals surface area contributed by atoms with Crippen LogP contribution in [0, 0.1) is 5.92 Å². The van der Waals surface area contributed by atoms with Gasteiger partial charge in [0.05, 0.1) is 28.4 Å². The molecule has 0 aromatic heterocycles. The zero-order valence-electron chi connectivity index (χ0n) is 11.1. The summed E-state index contributed by atoms with van der Waals surface area (Å²) in [6.07, 6.45) is 1.05. The predicted molar refractivity (Wildman–Crippen MR) is 85.4 cm³/mol. The fourth-order valence-corrected chi connectivity index (χ4v) is 2.14. The van der Waals surface area contributed by atoms with Crippen LogP contribution in [-0.4, -0.2) is 18.3 Å². The maximum Gasteiger partial charge on any atom is 0.0693 e. The highest BCUT2D eigenvalue weighted by molar-refractivity contribution is 6.38. The van der Waals surface area contributed by atoms with Crippen LogP contribution in [0.2, 0.25) is 10.0 Å². The van der Waals surface area contributed by atoms with E-state index in [0.29, 0.717) is 21.7 Å². The van der Waals surface area contributed by atoms with Gasteiger partial charge in [0, 0.05) is 0 Å². The summed E-state index contributed by atoms with van der Waals surface area (Å²) in [4.78, 5) is 0. The van der Waals surface area contributed by atoms with E-state index in [-0.39, 0.29) is 25.1 Å². The van der Waals surface area contributed by atoms with Crippen molar-refractivity contribution >= 4 is 41.3 Å². The zero-order chi connectivity index (χ0) is 13.7. The van der Waals surface area contributed by atoms with E-state index in [1.165, 1.54) is 0 Å². The highest BCUT2D eigenvalue weighted by Gasteiger charge is 2.13. The topological polar surface area (TPSA) is 58.3 Å². The largest absolute Gasteiger partial charge is 0.396 e. The van der Waals surface area contributed by atoms with E-state index >= 15 is 0 Å². The Hall–Kier alpha value is -0.190. The van der Waals surface area contributed by atoms with Crippen molar-refractivity contribution in [3.8, 4) is 0 Å². The average molecular weight is 328 g/mol. The lowest BCUT2D eigenvalue weighted by atomic mass is 10.1. The first-order valence-corrected chi connectivity index (χ1v) is 6.80. The summed E-state index contributed by atoms with van der Waals surface area (Å²) in [5.74, 6) is 0.621. The van der Waals surface area contributed by atoms with Gasteiger partial charge in [-0.2, -0.15) is 0 Å². The lowest BCUT2D eigenvalue weighted by Crippen LogP contribution is -2.26. The van der Waals surface area contributed by atoms with Crippen LogP contribution >= 0.6 is 35.6 Å². The zero-order valence-corrected chi connectivity index (χ0v) is 13.4. The van der Waals surface area contributed by atoms with Gasteiger partial charge < -0.3 is 16.2 Å². The minimum absolute atomic E-state index is 0. The van der Waals surface area contributed by atoms with Crippen LogP contribution in [0.1, 0.15) is 31.9 Å². The van der Waals surface area contributed by atoms with Crippen molar-refractivity contribution in [3.63, 3.8) is 0 Å². The van der Waals surface area contributed by atoms with E-state index in [0.717, 1.165) is 18.5 Å². The summed E-state index contributed by atoms with van der Waals surface area (Å²) in [6.45, 7) is 5.15. The van der Waals surface area contributed by atoms with E-state index in [9.17, 15) is 5.11 Å². The van der Waals surface area contributed by atoms with Gasteiger partial charge in [0.1, 0.15) is 0 Å². The van der Waals surface area contributed by atoms with Crippen LogP contribution in [-0.2, 0) is 0 Å². The molecule has 0 saturated carbocycles. The monoisotopic (exact) mass is 326 g/mol. The number of hydrogen-bond acceptors (Lipinski definition) is 3. The molecule has 0 aliphatic carbocycles. The van der Waals surface area contributed by atoms with Gasteiger partial charge in [-0.3, -0.25) is 0 Å². The van der Waals surface area contributed by atoms with Crippen molar-refractivity contribution in [3.05, 3.63) is 27.7 Å². The minimum atomic E-state index is -0.167. The van der Waals surface area contributed by atoms with Crippen molar-refractivity contribution < 1.29 is 5.11 Å². The number of hydrogen-bond donors (Lipinski definition) is 3. The molecule has 6 heteroatoms. The molecule has 0 bridgehead atoms. The molecule has 19 heavy (non-hydrogen) atoms. The molecule has 110 valence electrons. The summed E-state index contributed by atoms with van der Waals surface area (Å²) < 4.78 is 0. The number of anilines is 1. The third-order valence-corrected chi connectivity index (χ3v) is 3.42. The standard InChI is InChI=1S/C13H20Cl2N2O.ClH/c1-8(2)3-4-17-12(7-18)9-5-10(14)13(16)11(15)6-9;/h5-6,8,12,17-18H,3-4,7,16H2,1-2H3;1H. The highest BCUT2D eigenvalue weighted by atomic mass is 35.5. The Morgan fingerprint density at radius 2 is 1.79 bits per heavy atom. The lowest BCUT2D eigenvalue weighted by molar-refractivity contribution is 0.243. The fraction of sp³-hybridized carbons (Fsp3) is 0.538. The van der Waals surface area contributed by atoms with Crippen LogP contribution in [0.3, 0.4) is 0 Å². The first-order chi connectivity index (χ1) is 8.45. The summed E-state index contributed by atoms with van der Waals surface area (Å²) in [7, 11) is 0. The molecule has 4 N–H and O–H groups in total. The number of benzene rings is 1. The SMILES string of the molecule is CC(C)CCNC(CO)c1cc(Cl)c(N)c(Cl)c1.Cl. The van der Waals surface area contributed by atoms with E-state index in [2.05, 4.69) is 19.2 Å². The number of nitrogens with two attached hydrogens (primary N) is 1. The van der Waals surface area contributed by atoms with Crippen molar-refractivity contribution in [2.45, 2.75) is 26.3 Å². The van der Waals surface area contributed by atoms with Gasteiger partial charge in [0.25, 0.3) is 0 Å². The van der Waals surface area contributed by atoms with Crippen molar-refractivity contribution in [2.24, 2.45) is 5.92 Å². The Morgan fingerprint density at radius 1 is 1.26 bits per heavy atom. The van der Waals surface area contributed by atoms with Crippen molar-refractivity contribution in [1.29, 1.82) is 0 Å². The van der Waals surface area contributed by atoms with Crippen LogP contribution in [0.4, 0.5) is 5.69 Å². The lowest BCUT2D eigenvalue weighted by Gasteiger charge is -2.18. The quantitative estimate of drug-likeness (QED) is 0.699. The second-order valence-corrected chi connectivity index (χ2v) is 5.58. The Balaban J connectivity index is 0.00000324. The molecule has 1 atom stereocenters. The van der Waals surface area contributed by atoms with Gasteiger partial charge >= 0.3 is 0 Å². The molecule has 0 aliphatic rings. The van der Waals surface area contributed by atoms with E-state index in [1.54, 1.807) is 12.1 Å². The van der Waals surface area contributed by atoms with E-state index < -0.39 is 0 Å². The van der Waals surface area contributed by atoms with Crippen LogP contribution in [0.5, 0.6) is 0 Å². The predicted octanol–water partition coefficient (Wildman–Crippen LogP) is 3.67. The van der Waals surface area contributed by atoms with Gasteiger partial charge in [-0.05, 0) is 36.6 Å². The normalized spacial score (nSPS) is 12.3. The maximum atomic E-state index is 9.42. The Labute approximate surface area is 130 Å². The maximum absolute atomic E-state index is 9.42. The smallest absolute Gasteiger partial charge is 0.0693 e. The molecular weight excluding hydrogens is 307 g/mol. The Kier molecular flexibility index (Phi) is 8.79. The third kappa shape index (κ3) is 5.76. The van der Waals surface area contributed by atoms with E-state index in [1.807, 2.05) is 0 Å². The van der Waals surface area contributed by atoms with E-state index in [4.69, 9.17) is 28.9 Å². The summed E-state index contributed by atoms with van der Waals surface area (Å²) in [6, 6.07) is 3.32. The number of aliphatic hydroxyl groups excluding tert-OH is 1. The first-order valence-electron chi connectivity index (χ1n) is 6.04. The molecular formula is C13H21Cl3N2O. The molecule has 1 aromatic rings. The first kappa shape index (κ1) is 18.8. The van der Waals surface area contributed by atoms with Gasteiger partial charge in [-0.15, -0.1) is 12.4 Å². The summed E-state index contributed by atoms with van der Waals surface area (Å²) >= 11 is 12.0. The molecule has 1 unspecified atom stereocenters. The van der Waals surface area contributed by atoms with Gasteiger partial charge in [0.15, 0.2) is 0 Å². The number of halogens is 3. The minimum Gasteiger partial charge on any atom is -0.396 e. The number of rotatable bonds is 6. The summed E-state index contributed by atoms with van der Waals surface area (Å²) in [5.41, 5.74) is 6.91. The number of nitrogen functional groups attached to an aromatic ring is 1. The van der Waals surface area contributed by atoms with Gasteiger partial charge in [0.2, 0.25) is 0 Å². The molecule has 0 fully saturated rings. The molecule has 1 aromatic carbocycles. The van der Waals surface area contributed by atoms with Gasteiger partial charge in [-0.1, -0.05) is 37.0 Å². The van der Waals surface area contributed by atoms with Crippen LogP contribution < -0.4 is 11.1 Å². The van der Waals surface area contributed by atoms with Crippen LogP contribution in [0.25, 0.3) is 0 Å². The molecule has 1 rings (SSSR count). The third-order valence-electron chi connectivity index (χ3n) is 2.80.